The SMILES string of the molecule is N#Cc1ccnc(NCCOCCO)n1. The minimum absolute atomic E-state index is 0.0143. The molecule has 0 aliphatic rings. The third kappa shape index (κ3) is 4.35. The van der Waals surface area contributed by atoms with Crippen molar-refractivity contribution < 1.29 is 9.84 Å². The lowest BCUT2D eigenvalue weighted by Crippen LogP contribution is -2.13. The molecular weight excluding hydrogens is 196 g/mol. The first-order valence-electron chi connectivity index (χ1n) is 4.52. The van der Waals surface area contributed by atoms with E-state index >= 15 is 0 Å². The van der Waals surface area contributed by atoms with Gasteiger partial charge in [0, 0.05) is 12.7 Å². The van der Waals surface area contributed by atoms with E-state index in [4.69, 9.17) is 15.1 Å². The van der Waals surface area contributed by atoms with Crippen molar-refractivity contribution in [3.63, 3.8) is 0 Å². The quantitative estimate of drug-likeness (QED) is 0.627. The number of nitrogens with zero attached hydrogens (tertiary/aromatic N) is 3. The largest absolute Gasteiger partial charge is 0.394 e. The molecule has 0 saturated carbocycles. The Morgan fingerprint density at radius 3 is 3.13 bits per heavy atom. The number of nitrogens with one attached hydrogen (secondary N) is 1. The van der Waals surface area contributed by atoms with Gasteiger partial charge in [-0.15, -0.1) is 0 Å². The van der Waals surface area contributed by atoms with Crippen molar-refractivity contribution >= 4 is 5.95 Å². The smallest absolute Gasteiger partial charge is 0.223 e. The van der Waals surface area contributed by atoms with E-state index in [-0.39, 0.29) is 6.61 Å². The van der Waals surface area contributed by atoms with Gasteiger partial charge in [0.1, 0.15) is 11.8 Å². The summed E-state index contributed by atoms with van der Waals surface area (Å²) < 4.78 is 5.03. The topological polar surface area (TPSA) is 91.1 Å². The maximum atomic E-state index is 8.58. The maximum Gasteiger partial charge on any atom is 0.223 e. The van der Waals surface area contributed by atoms with Gasteiger partial charge in [0.15, 0.2) is 0 Å². The average Bonchev–Trinajstić information content (AvgIpc) is 2.29. The van der Waals surface area contributed by atoms with Crippen molar-refractivity contribution in [2.24, 2.45) is 0 Å². The minimum Gasteiger partial charge on any atom is -0.394 e. The van der Waals surface area contributed by atoms with Crippen molar-refractivity contribution in [1.29, 1.82) is 5.26 Å². The highest BCUT2D eigenvalue weighted by atomic mass is 16.5. The summed E-state index contributed by atoms with van der Waals surface area (Å²) in [5, 5.41) is 19.9. The van der Waals surface area contributed by atoms with Gasteiger partial charge in [-0.25, -0.2) is 9.97 Å². The normalized spacial score (nSPS) is 9.60. The van der Waals surface area contributed by atoms with Crippen LogP contribution < -0.4 is 5.32 Å². The lowest BCUT2D eigenvalue weighted by molar-refractivity contribution is 0.0991. The number of hydrogen-bond acceptors (Lipinski definition) is 6. The molecule has 0 amide bonds. The Bertz CT molecular complexity index is 337. The average molecular weight is 208 g/mol. The summed E-state index contributed by atoms with van der Waals surface area (Å²) in [6.07, 6.45) is 1.52. The molecular formula is C9H12N4O2. The highest BCUT2D eigenvalue weighted by Gasteiger charge is 1.96. The summed E-state index contributed by atoms with van der Waals surface area (Å²) in [6, 6.07) is 3.46. The monoisotopic (exact) mass is 208 g/mol. The highest BCUT2D eigenvalue weighted by molar-refractivity contribution is 5.29. The van der Waals surface area contributed by atoms with Crippen LogP contribution in [0, 0.1) is 11.3 Å². The summed E-state index contributed by atoms with van der Waals surface area (Å²) in [4.78, 5) is 7.85. The lowest BCUT2D eigenvalue weighted by Gasteiger charge is -2.04. The Balaban J connectivity index is 2.28. The Hall–Kier alpha value is -1.71. The molecule has 0 aromatic carbocycles. The number of aliphatic hydroxyl groups excluding tert-OH is 1. The Labute approximate surface area is 87.5 Å². The van der Waals surface area contributed by atoms with E-state index in [9.17, 15) is 0 Å². The molecule has 6 nitrogen and oxygen atoms in total. The van der Waals surface area contributed by atoms with Gasteiger partial charge in [-0.3, -0.25) is 0 Å². The molecule has 0 bridgehead atoms. The predicted molar refractivity (Wildman–Crippen MR) is 53.1 cm³/mol. The molecule has 2 N–H and O–H groups in total. The van der Waals surface area contributed by atoms with Crippen molar-refractivity contribution in [3.8, 4) is 6.07 Å². The molecule has 0 radical (unpaired) electrons. The van der Waals surface area contributed by atoms with E-state index in [0.717, 1.165) is 0 Å². The number of rotatable bonds is 6. The van der Waals surface area contributed by atoms with Crippen molar-refractivity contribution in [3.05, 3.63) is 18.0 Å². The van der Waals surface area contributed by atoms with E-state index in [1.54, 1.807) is 0 Å². The predicted octanol–water partition coefficient (Wildman–Crippen LogP) is -0.231. The number of ether oxygens (including phenoxy) is 1. The molecule has 6 heteroatoms. The molecule has 1 heterocycles. The second-order valence-electron chi connectivity index (χ2n) is 2.64. The fraction of sp³-hybridized carbons (Fsp3) is 0.444. The number of nitriles is 1. The van der Waals surface area contributed by atoms with E-state index in [1.165, 1.54) is 12.3 Å². The van der Waals surface area contributed by atoms with Crippen LogP contribution in [-0.4, -0.2) is 41.4 Å². The number of aliphatic hydroxyl groups is 1. The van der Waals surface area contributed by atoms with Crippen molar-refractivity contribution in [2.75, 3.05) is 31.7 Å². The van der Waals surface area contributed by atoms with Crippen molar-refractivity contribution in [2.45, 2.75) is 0 Å². The summed E-state index contributed by atoms with van der Waals surface area (Å²) >= 11 is 0. The lowest BCUT2D eigenvalue weighted by atomic mass is 10.4. The summed E-state index contributed by atoms with van der Waals surface area (Å²) in [6.45, 7) is 1.33. The molecule has 1 aromatic heterocycles. The molecule has 0 fully saturated rings. The van der Waals surface area contributed by atoms with E-state index < -0.39 is 0 Å². The molecule has 15 heavy (non-hydrogen) atoms. The van der Waals surface area contributed by atoms with Crippen LogP contribution in [0.4, 0.5) is 5.95 Å². The maximum absolute atomic E-state index is 8.58. The fourth-order valence-corrected chi connectivity index (χ4v) is 0.908. The third-order valence-electron chi connectivity index (χ3n) is 1.54. The van der Waals surface area contributed by atoms with Gasteiger partial charge in [0.25, 0.3) is 0 Å². The van der Waals surface area contributed by atoms with Crippen LogP contribution in [-0.2, 0) is 4.74 Å². The van der Waals surface area contributed by atoms with Gasteiger partial charge >= 0.3 is 0 Å². The molecule has 0 unspecified atom stereocenters. The van der Waals surface area contributed by atoms with Crippen LogP contribution in [0.25, 0.3) is 0 Å². The first-order chi connectivity index (χ1) is 7.36. The fourth-order valence-electron chi connectivity index (χ4n) is 0.908. The molecule has 1 rings (SSSR count). The van der Waals surface area contributed by atoms with Crippen LogP contribution in [0.3, 0.4) is 0 Å². The molecule has 1 aromatic rings. The minimum atomic E-state index is 0.0143. The Morgan fingerprint density at radius 2 is 2.40 bits per heavy atom. The van der Waals surface area contributed by atoms with Crippen LogP contribution in [0.5, 0.6) is 0 Å². The van der Waals surface area contributed by atoms with Gasteiger partial charge in [-0.05, 0) is 6.07 Å². The third-order valence-corrected chi connectivity index (χ3v) is 1.54. The highest BCUT2D eigenvalue weighted by Crippen LogP contribution is 1.97. The second kappa shape index (κ2) is 6.70. The van der Waals surface area contributed by atoms with Crippen LogP contribution in [0.2, 0.25) is 0 Å². The molecule has 0 spiro atoms. The van der Waals surface area contributed by atoms with Gasteiger partial charge in [-0.2, -0.15) is 5.26 Å². The van der Waals surface area contributed by atoms with Gasteiger partial charge < -0.3 is 15.2 Å². The van der Waals surface area contributed by atoms with E-state index in [0.29, 0.717) is 31.4 Å². The molecule has 0 aliphatic carbocycles. The summed E-state index contributed by atoms with van der Waals surface area (Å²) in [5.41, 5.74) is 0.323. The molecule has 80 valence electrons. The van der Waals surface area contributed by atoms with Gasteiger partial charge in [-0.1, -0.05) is 0 Å². The summed E-state index contributed by atoms with van der Waals surface area (Å²) in [7, 11) is 0. The molecule has 0 aliphatic heterocycles. The zero-order valence-corrected chi connectivity index (χ0v) is 8.18. The number of anilines is 1. The Kier molecular flexibility index (Phi) is 5.08. The van der Waals surface area contributed by atoms with Crippen LogP contribution in [0.1, 0.15) is 5.69 Å². The zero-order valence-electron chi connectivity index (χ0n) is 8.18. The van der Waals surface area contributed by atoms with Crippen LogP contribution in [0.15, 0.2) is 12.3 Å². The summed E-state index contributed by atoms with van der Waals surface area (Å²) in [5.74, 6) is 0.404. The molecule has 0 saturated heterocycles. The first-order valence-corrected chi connectivity index (χ1v) is 4.52. The second-order valence-corrected chi connectivity index (χ2v) is 2.64. The van der Waals surface area contributed by atoms with Gasteiger partial charge in [0.05, 0.1) is 19.8 Å². The standard InChI is InChI=1S/C9H12N4O2/c10-7-8-1-2-11-9(13-8)12-3-5-15-6-4-14/h1-2,14H,3-6H2,(H,11,12,13). The first kappa shape index (κ1) is 11.4. The zero-order chi connectivity index (χ0) is 10.9. The van der Waals surface area contributed by atoms with Gasteiger partial charge in [0.2, 0.25) is 5.95 Å². The van der Waals surface area contributed by atoms with Crippen molar-refractivity contribution in [1.82, 2.24) is 9.97 Å². The number of hydrogen-bond donors (Lipinski definition) is 2. The van der Waals surface area contributed by atoms with E-state index in [1.807, 2.05) is 6.07 Å². The number of aromatic nitrogens is 2. The van der Waals surface area contributed by atoms with Crippen LogP contribution >= 0.6 is 0 Å². The Morgan fingerprint density at radius 1 is 1.53 bits per heavy atom. The van der Waals surface area contributed by atoms with E-state index in [2.05, 4.69) is 15.3 Å². The molecule has 0 atom stereocenters.